The quantitative estimate of drug-likeness (QED) is 0.769. The molecule has 0 saturated carbocycles. The largest absolute Gasteiger partial charge is 0.367 e. The van der Waals surface area contributed by atoms with Gasteiger partial charge in [0.05, 0.1) is 6.61 Å². The van der Waals surface area contributed by atoms with Crippen LogP contribution in [0.5, 0.6) is 0 Å². The average molecular weight is 234 g/mol. The smallest absolute Gasteiger partial charge is 0.253 e. The molecule has 0 aromatic heterocycles. The molecule has 0 bridgehead atoms. The Hall–Kier alpha value is -1.39. The van der Waals surface area contributed by atoms with Gasteiger partial charge < -0.3 is 15.4 Å². The van der Waals surface area contributed by atoms with Crippen molar-refractivity contribution in [3.63, 3.8) is 0 Å². The lowest BCUT2D eigenvalue weighted by atomic mass is 10.1. The number of hydrogen-bond donors (Lipinski definition) is 2. The van der Waals surface area contributed by atoms with Crippen molar-refractivity contribution < 1.29 is 9.53 Å². The van der Waals surface area contributed by atoms with Crippen molar-refractivity contribution in [2.24, 2.45) is 0 Å². The van der Waals surface area contributed by atoms with Gasteiger partial charge in [0.25, 0.3) is 5.91 Å². The number of likely N-dealkylation sites (N-methyl/N-ethyl adjacent to an activating group) is 1. The fraction of sp³-hybridized carbons (Fsp3) is 0.462. The van der Waals surface area contributed by atoms with Gasteiger partial charge in [-0.3, -0.25) is 4.79 Å². The number of nitrogens with one attached hydrogen (secondary N) is 2. The van der Waals surface area contributed by atoms with E-state index in [1.54, 1.807) is 0 Å². The van der Waals surface area contributed by atoms with Crippen molar-refractivity contribution in [1.82, 2.24) is 5.32 Å². The van der Waals surface area contributed by atoms with E-state index < -0.39 is 0 Å². The lowest BCUT2D eigenvalue weighted by molar-refractivity contribution is -0.127. The van der Waals surface area contributed by atoms with E-state index >= 15 is 0 Å². The van der Waals surface area contributed by atoms with Crippen molar-refractivity contribution in [1.29, 1.82) is 0 Å². The van der Waals surface area contributed by atoms with E-state index in [1.807, 2.05) is 31.3 Å². The van der Waals surface area contributed by atoms with Crippen LogP contribution < -0.4 is 10.6 Å². The lowest BCUT2D eigenvalue weighted by Crippen LogP contribution is -2.31. The number of amides is 1. The molecule has 0 fully saturated rings. The molecule has 1 unspecified atom stereocenters. The molecule has 4 heteroatoms. The van der Waals surface area contributed by atoms with Crippen molar-refractivity contribution in [2.45, 2.75) is 18.9 Å². The molecule has 0 aliphatic carbocycles. The first-order valence-corrected chi connectivity index (χ1v) is 5.96. The minimum atomic E-state index is -0.337. The molecule has 17 heavy (non-hydrogen) atoms. The van der Waals surface area contributed by atoms with Crippen LogP contribution in [0.25, 0.3) is 0 Å². The minimum Gasteiger partial charge on any atom is -0.367 e. The van der Waals surface area contributed by atoms with Gasteiger partial charge in [-0.05, 0) is 31.5 Å². The predicted molar refractivity (Wildman–Crippen MR) is 67.1 cm³/mol. The van der Waals surface area contributed by atoms with Gasteiger partial charge in [0.2, 0.25) is 0 Å². The first-order valence-electron chi connectivity index (χ1n) is 5.96. The highest BCUT2D eigenvalue weighted by molar-refractivity contribution is 5.95. The number of carbonyl (C=O) groups is 1. The second-order valence-electron chi connectivity index (χ2n) is 4.15. The van der Waals surface area contributed by atoms with Gasteiger partial charge in [-0.2, -0.15) is 0 Å². The fourth-order valence-electron chi connectivity index (χ4n) is 1.95. The van der Waals surface area contributed by atoms with Crippen LogP contribution in [0.1, 0.15) is 12.0 Å². The molecule has 1 heterocycles. The maximum atomic E-state index is 11.9. The topological polar surface area (TPSA) is 50.4 Å². The standard InChI is InChI=1S/C13H18N2O2/c1-14-8-9-17-12-7-6-10-4-2-3-5-11(10)15-13(12)16/h2-5,12,14H,6-9H2,1H3,(H,15,16). The van der Waals surface area contributed by atoms with Crippen molar-refractivity contribution >= 4 is 11.6 Å². The zero-order chi connectivity index (χ0) is 12.1. The molecule has 2 N–H and O–H groups in total. The monoisotopic (exact) mass is 234 g/mol. The Morgan fingerprint density at radius 1 is 1.47 bits per heavy atom. The zero-order valence-electron chi connectivity index (χ0n) is 10.0. The maximum absolute atomic E-state index is 11.9. The van der Waals surface area contributed by atoms with Gasteiger partial charge in [-0.1, -0.05) is 18.2 Å². The van der Waals surface area contributed by atoms with E-state index in [4.69, 9.17) is 4.74 Å². The third kappa shape index (κ3) is 3.05. The minimum absolute atomic E-state index is 0.0361. The van der Waals surface area contributed by atoms with Crippen LogP contribution in [0.3, 0.4) is 0 Å². The molecule has 92 valence electrons. The summed E-state index contributed by atoms with van der Waals surface area (Å²) in [5.74, 6) is -0.0361. The number of rotatable bonds is 4. The number of aryl methyl sites for hydroxylation is 1. The molecule has 1 amide bonds. The summed E-state index contributed by atoms with van der Waals surface area (Å²) in [6, 6.07) is 7.91. The van der Waals surface area contributed by atoms with Crippen LogP contribution in [-0.2, 0) is 16.0 Å². The molecule has 1 aliphatic rings. The highest BCUT2D eigenvalue weighted by atomic mass is 16.5. The van der Waals surface area contributed by atoms with Crippen LogP contribution in [0, 0.1) is 0 Å². The second-order valence-corrected chi connectivity index (χ2v) is 4.15. The van der Waals surface area contributed by atoms with Crippen LogP contribution in [-0.4, -0.2) is 32.2 Å². The van der Waals surface area contributed by atoms with Gasteiger partial charge in [0.15, 0.2) is 0 Å². The van der Waals surface area contributed by atoms with E-state index in [9.17, 15) is 4.79 Å². The van der Waals surface area contributed by atoms with Gasteiger partial charge >= 0.3 is 0 Å². The molecule has 1 aliphatic heterocycles. The Labute approximate surface area is 101 Å². The van der Waals surface area contributed by atoms with Crippen LogP contribution in [0.15, 0.2) is 24.3 Å². The molecular weight excluding hydrogens is 216 g/mol. The number of para-hydroxylation sites is 1. The molecule has 1 aromatic carbocycles. The van der Waals surface area contributed by atoms with E-state index in [2.05, 4.69) is 10.6 Å². The number of hydrogen-bond acceptors (Lipinski definition) is 3. The van der Waals surface area contributed by atoms with Gasteiger partial charge in [-0.25, -0.2) is 0 Å². The average Bonchev–Trinajstić information content (AvgIpc) is 2.49. The summed E-state index contributed by atoms with van der Waals surface area (Å²) in [5, 5.41) is 5.91. The Balaban J connectivity index is 2.00. The molecule has 4 nitrogen and oxygen atoms in total. The SMILES string of the molecule is CNCCOC1CCc2ccccc2NC1=O. The van der Waals surface area contributed by atoms with E-state index in [0.717, 1.165) is 25.1 Å². The number of anilines is 1. The zero-order valence-corrected chi connectivity index (χ0v) is 10.0. The molecule has 1 atom stereocenters. The Kier molecular flexibility index (Phi) is 4.12. The summed E-state index contributed by atoms with van der Waals surface area (Å²) in [7, 11) is 1.87. The maximum Gasteiger partial charge on any atom is 0.253 e. The summed E-state index contributed by atoms with van der Waals surface area (Å²) in [6.45, 7) is 1.32. The Morgan fingerprint density at radius 2 is 2.29 bits per heavy atom. The van der Waals surface area contributed by atoms with Crippen LogP contribution >= 0.6 is 0 Å². The third-order valence-electron chi connectivity index (χ3n) is 2.91. The number of fused-ring (bicyclic) bond motifs is 1. The van der Waals surface area contributed by atoms with Gasteiger partial charge in [0, 0.05) is 12.2 Å². The van der Waals surface area contributed by atoms with Crippen molar-refractivity contribution in [3.05, 3.63) is 29.8 Å². The number of ether oxygens (including phenoxy) is 1. The number of carbonyl (C=O) groups excluding carboxylic acids is 1. The first-order chi connectivity index (χ1) is 8.31. The summed E-state index contributed by atoms with van der Waals surface area (Å²) in [6.07, 6.45) is 1.28. The predicted octanol–water partition coefficient (Wildman–Crippen LogP) is 1.18. The van der Waals surface area contributed by atoms with Gasteiger partial charge in [0.1, 0.15) is 6.10 Å². The Bertz CT molecular complexity index is 393. The molecule has 0 saturated heterocycles. The van der Waals surface area contributed by atoms with E-state index in [1.165, 1.54) is 5.56 Å². The molecular formula is C13H18N2O2. The normalized spacial score (nSPS) is 19.4. The molecule has 0 spiro atoms. The van der Waals surface area contributed by atoms with Crippen molar-refractivity contribution in [2.75, 3.05) is 25.5 Å². The molecule has 2 rings (SSSR count). The summed E-state index contributed by atoms with van der Waals surface area (Å²) in [4.78, 5) is 11.9. The highest BCUT2D eigenvalue weighted by Gasteiger charge is 2.23. The highest BCUT2D eigenvalue weighted by Crippen LogP contribution is 2.22. The van der Waals surface area contributed by atoms with E-state index in [0.29, 0.717) is 6.61 Å². The molecule has 0 radical (unpaired) electrons. The summed E-state index contributed by atoms with van der Waals surface area (Å²) < 4.78 is 5.57. The summed E-state index contributed by atoms with van der Waals surface area (Å²) >= 11 is 0. The first kappa shape index (κ1) is 12.1. The lowest BCUT2D eigenvalue weighted by Gasteiger charge is -2.14. The van der Waals surface area contributed by atoms with Crippen LogP contribution in [0.4, 0.5) is 5.69 Å². The fourth-order valence-corrected chi connectivity index (χ4v) is 1.95. The third-order valence-corrected chi connectivity index (χ3v) is 2.91. The van der Waals surface area contributed by atoms with E-state index in [-0.39, 0.29) is 12.0 Å². The second kappa shape index (κ2) is 5.80. The van der Waals surface area contributed by atoms with Crippen LogP contribution in [0.2, 0.25) is 0 Å². The number of benzene rings is 1. The van der Waals surface area contributed by atoms with Crippen molar-refractivity contribution in [3.8, 4) is 0 Å². The Morgan fingerprint density at radius 3 is 3.12 bits per heavy atom. The molecule has 1 aromatic rings. The van der Waals surface area contributed by atoms with Gasteiger partial charge in [-0.15, -0.1) is 0 Å². The summed E-state index contributed by atoms with van der Waals surface area (Å²) in [5.41, 5.74) is 2.10.